The second-order valence-corrected chi connectivity index (χ2v) is 4.62. The molecule has 0 N–H and O–H groups in total. The minimum absolute atomic E-state index is 0.380. The average Bonchev–Trinajstić information content (AvgIpc) is 1.80. The summed E-state index contributed by atoms with van der Waals surface area (Å²) in [5.74, 6) is 0. The van der Waals surface area contributed by atoms with Crippen molar-refractivity contribution in [3.8, 4) is 0 Å². The molecule has 0 aromatic carbocycles. The first-order valence-electron chi connectivity index (χ1n) is 3.86. The second-order valence-electron chi connectivity index (χ2n) is 3.79. The molecule has 1 unspecified atom stereocenters. The maximum atomic E-state index is 4.46. The maximum absolute atomic E-state index is 4.46. The predicted octanol–water partition coefficient (Wildman–Crippen LogP) is 2.93. The molecule has 1 nitrogen and oxygen atoms in total. The molecule has 10 heavy (non-hydrogen) atoms. The summed E-state index contributed by atoms with van der Waals surface area (Å²) in [6, 6.07) is 0.589. The van der Waals surface area contributed by atoms with Gasteiger partial charge in [0.25, 0.3) is 0 Å². The van der Waals surface area contributed by atoms with Gasteiger partial charge in [0, 0.05) is 0 Å². The van der Waals surface area contributed by atoms with Gasteiger partial charge in [0.05, 0.1) is 0 Å². The third kappa shape index (κ3) is 3.65. The fourth-order valence-corrected chi connectivity index (χ4v) is 2.60. The van der Waals surface area contributed by atoms with Gasteiger partial charge in [0.2, 0.25) is 0 Å². The summed E-state index contributed by atoms with van der Waals surface area (Å²) in [5, 5.41) is 0. The molecule has 0 aliphatic carbocycles. The van der Waals surface area contributed by atoms with Crippen LogP contribution in [-0.2, 0) is 20.9 Å². The van der Waals surface area contributed by atoms with E-state index in [4.69, 9.17) is 0 Å². The molecular formula is C8H17NTa. The van der Waals surface area contributed by atoms with E-state index in [9.17, 15) is 0 Å². The second kappa shape index (κ2) is 4.42. The van der Waals surface area contributed by atoms with Gasteiger partial charge in [-0.05, 0) is 0 Å². The van der Waals surface area contributed by atoms with E-state index in [1.807, 2.05) is 0 Å². The van der Waals surface area contributed by atoms with Gasteiger partial charge in [-0.1, -0.05) is 0 Å². The van der Waals surface area contributed by atoms with E-state index in [2.05, 4.69) is 31.0 Å². The van der Waals surface area contributed by atoms with Gasteiger partial charge in [-0.15, -0.1) is 0 Å². The van der Waals surface area contributed by atoms with Crippen LogP contribution in [0.4, 0.5) is 0 Å². The Kier molecular flexibility index (Phi) is 4.66. The van der Waals surface area contributed by atoms with Crippen LogP contribution >= 0.6 is 0 Å². The van der Waals surface area contributed by atoms with Crippen LogP contribution in [0.2, 0.25) is 0 Å². The molecule has 0 aromatic heterocycles. The molecular weight excluding hydrogens is 291 g/mol. The van der Waals surface area contributed by atoms with E-state index < -0.39 is 0 Å². The molecule has 0 radical (unpaired) electrons. The first-order chi connectivity index (χ1) is 4.52. The third-order valence-corrected chi connectivity index (χ3v) is 2.70. The predicted molar refractivity (Wildman–Crippen MR) is 40.6 cm³/mol. The SMILES string of the molecule is CCCC([N]=[Ta])C(C)(C)C. The Bertz CT molecular complexity index is 104. The van der Waals surface area contributed by atoms with Crippen LogP contribution in [0, 0.1) is 5.41 Å². The van der Waals surface area contributed by atoms with Crippen LogP contribution in [0.25, 0.3) is 0 Å². The van der Waals surface area contributed by atoms with Crippen molar-refractivity contribution < 1.29 is 20.9 Å². The Hall–Kier alpha value is 0.540. The Labute approximate surface area is 76.4 Å². The number of hydrogen-bond donors (Lipinski definition) is 0. The zero-order valence-corrected chi connectivity index (χ0v) is 10.6. The van der Waals surface area contributed by atoms with E-state index in [-0.39, 0.29) is 0 Å². The molecule has 0 aliphatic heterocycles. The minimum atomic E-state index is 0.380. The fourth-order valence-electron chi connectivity index (χ4n) is 0.937. The summed E-state index contributed by atoms with van der Waals surface area (Å²) in [6.07, 6.45) is 2.50. The van der Waals surface area contributed by atoms with Crippen molar-refractivity contribution in [1.82, 2.24) is 0 Å². The van der Waals surface area contributed by atoms with Gasteiger partial charge >= 0.3 is 76.2 Å². The first kappa shape index (κ1) is 10.5. The van der Waals surface area contributed by atoms with Crippen molar-refractivity contribution in [3.05, 3.63) is 0 Å². The molecule has 0 spiro atoms. The quantitative estimate of drug-likeness (QED) is 0.760. The zero-order chi connectivity index (χ0) is 8.20. The molecule has 0 heterocycles. The molecule has 1 atom stereocenters. The standard InChI is InChI=1S/C8H17N.Ta/c1-5-6-7(9)8(2,3)4;/h7H,5-6H2,1-4H3;. The zero-order valence-electron chi connectivity index (χ0n) is 7.39. The molecule has 0 aromatic rings. The molecule has 59 valence electrons. The van der Waals surface area contributed by atoms with Gasteiger partial charge in [-0.25, -0.2) is 0 Å². The molecule has 0 bridgehead atoms. The Morgan fingerprint density at radius 3 is 2.00 bits per heavy atom. The normalized spacial score (nSPS) is 14.7. The van der Waals surface area contributed by atoms with Crippen molar-refractivity contribution in [3.63, 3.8) is 0 Å². The van der Waals surface area contributed by atoms with E-state index in [0.29, 0.717) is 11.5 Å². The molecule has 0 rings (SSSR count). The fraction of sp³-hybridized carbons (Fsp3) is 1.00. The Morgan fingerprint density at radius 1 is 1.40 bits per heavy atom. The van der Waals surface area contributed by atoms with Gasteiger partial charge in [-0.3, -0.25) is 0 Å². The van der Waals surface area contributed by atoms with Crippen molar-refractivity contribution >= 4 is 0 Å². The molecule has 2 heteroatoms. The van der Waals surface area contributed by atoms with Crippen LogP contribution in [0.5, 0.6) is 0 Å². The van der Waals surface area contributed by atoms with Crippen molar-refractivity contribution in [2.24, 2.45) is 8.75 Å². The topological polar surface area (TPSA) is 12.4 Å². The summed E-state index contributed by atoms with van der Waals surface area (Å²) in [6.45, 7) is 9.03. The van der Waals surface area contributed by atoms with E-state index in [1.54, 1.807) is 0 Å². The van der Waals surface area contributed by atoms with E-state index in [1.165, 1.54) is 33.7 Å². The monoisotopic (exact) mass is 308 g/mol. The molecule has 0 saturated carbocycles. The average molecular weight is 308 g/mol. The summed E-state index contributed by atoms with van der Waals surface area (Å²) >= 11 is 1.18. The van der Waals surface area contributed by atoms with Crippen LogP contribution in [-0.4, -0.2) is 6.04 Å². The van der Waals surface area contributed by atoms with Crippen LogP contribution in [0.1, 0.15) is 40.5 Å². The number of nitrogens with zero attached hydrogens (tertiary/aromatic N) is 1. The summed E-state index contributed by atoms with van der Waals surface area (Å²) < 4.78 is 4.46. The van der Waals surface area contributed by atoms with E-state index in [0.717, 1.165) is 0 Å². The Morgan fingerprint density at radius 2 is 1.90 bits per heavy atom. The number of rotatable bonds is 3. The summed E-state index contributed by atoms with van der Waals surface area (Å²) in [7, 11) is 0. The molecule has 0 saturated heterocycles. The number of hydrogen-bond acceptors (Lipinski definition) is 1. The van der Waals surface area contributed by atoms with Crippen molar-refractivity contribution in [2.75, 3.05) is 0 Å². The van der Waals surface area contributed by atoms with Gasteiger partial charge in [0.15, 0.2) is 0 Å². The Balaban J connectivity index is 3.93. The van der Waals surface area contributed by atoms with Gasteiger partial charge < -0.3 is 0 Å². The third-order valence-electron chi connectivity index (χ3n) is 1.70. The van der Waals surface area contributed by atoms with Crippen LogP contribution < -0.4 is 0 Å². The van der Waals surface area contributed by atoms with Crippen molar-refractivity contribution in [1.29, 1.82) is 0 Å². The van der Waals surface area contributed by atoms with Gasteiger partial charge in [-0.2, -0.15) is 0 Å². The molecule has 0 aliphatic rings. The van der Waals surface area contributed by atoms with Crippen LogP contribution in [0.3, 0.4) is 0 Å². The first-order valence-corrected chi connectivity index (χ1v) is 5.30. The summed E-state index contributed by atoms with van der Waals surface area (Å²) in [4.78, 5) is 0. The van der Waals surface area contributed by atoms with Gasteiger partial charge in [0.1, 0.15) is 0 Å². The van der Waals surface area contributed by atoms with E-state index >= 15 is 0 Å². The summed E-state index contributed by atoms with van der Waals surface area (Å²) in [5.41, 5.74) is 0.380. The van der Waals surface area contributed by atoms with Crippen molar-refractivity contribution in [2.45, 2.75) is 46.6 Å². The molecule has 0 fully saturated rings. The molecule has 0 amide bonds. The van der Waals surface area contributed by atoms with Crippen LogP contribution in [0.15, 0.2) is 3.34 Å².